The van der Waals surface area contributed by atoms with Crippen molar-refractivity contribution < 1.29 is 5.11 Å². The van der Waals surface area contributed by atoms with Crippen molar-refractivity contribution in [2.45, 2.75) is 25.9 Å². The highest BCUT2D eigenvalue weighted by atomic mass is 16.3. The van der Waals surface area contributed by atoms with Gasteiger partial charge >= 0.3 is 0 Å². The number of phenolic OH excluding ortho intramolecular Hbond substituents is 1. The van der Waals surface area contributed by atoms with Gasteiger partial charge in [-0.25, -0.2) is 0 Å². The molecule has 0 amide bonds. The van der Waals surface area contributed by atoms with E-state index in [0.29, 0.717) is 11.4 Å². The van der Waals surface area contributed by atoms with Crippen LogP contribution in [0.2, 0.25) is 0 Å². The van der Waals surface area contributed by atoms with Crippen LogP contribution in [0.25, 0.3) is 0 Å². The molecule has 20 heavy (non-hydrogen) atoms. The molecule has 3 N–H and O–H groups in total. The normalized spacial score (nSPS) is 15.6. The zero-order valence-electron chi connectivity index (χ0n) is 11.5. The van der Waals surface area contributed by atoms with Gasteiger partial charge in [-0.2, -0.15) is 0 Å². The fourth-order valence-electron chi connectivity index (χ4n) is 2.88. The maximum atomic E-state index is 9.95. The third-order valence-corrected chi connectivity index (χ3v) is 3.93. The lowest BCUT2D eigenvalue weighted by Gasteiger charge is -2.21. The molecule has 0 fully saturated rings. The van der Waals surface area contributed by atoms with Crippen molar-refractivity contribution in [1.82, 2.24) is 4.90 Å². The van der Waals surface area contributed by atoms with Crippen molar-refractivity contribution in [1.29, 1.82) is 0 Å². The molecule has 3 heteroatoms. The molecule has 0 saturated heterocycles. The lowest BCUT2D eigenvalue weighted by atomic mass is 10.0. The van der Waals surface area contributed by atoms with Gasteiger partial charge < -0.3 is 10.8 Å². The Balaban J connectivity index is 1.80. The SMILES string of the molecule is Nc1ccc(O)c(CN2CCCc3ccccc3C2)c1. The largest absolute Gasteiger partial charge is 0.508 e. The monoisotopic (exact) mass is 268 g/mol. The summed E-state index contributed by atoms with van der Waals surface area (Å²) < 4.78 is 0. The van der Waals surface area contributed by atoms with Crippen LogP contribution >= 0.6 is 0 Å². The van der Waals surface area contributed by atoms with Gasteiger partial charge in [-0.3, -0.25) is 4.90 Å². The zero-order chi connectivity index (χ0) is 13.9. The second-order valence-corrected chi connectivity index (χ2v) is 5.47. The molecule has 2 aromatic carbocycles. The molecule has 0 atom stereocenters. The number of aromatic hydroxyl groups is 1. The predicted molar refractivity (Wildman–Crippen MR) is 81.4 cm³/mol. The first kappa shape index (κ1) is 13.0. The maximum Gasteiger partial charge on any atom is 0.120 e. The second kappa shape index (κ2) is 5.55. The third-order valence-electron chi connectivity index (χ3n) is 3.93. The Bertz CT molecular complexity index is 610. The molecule has 0 radical (unpaired) electrons. The molecule has 0 aromatic heterocycles. The van der Waals surface area contributed by atoms with Gasteiger partial charge in [-0.1, -0.05) is 24.3 Å². The molecule has 3 nitrogen and oxygen atoms in total. The van der Waals surface area contributed by atoms with Crippen LogP contribution in [0.1, 0.15) is 23.1 Å². The molecular weight excluding hydrogens is 248 g/mol. The highest BCUT2D eigenvalue weighted by Gasteiger charge is 2.15. The number of nitrogens with two attached hydrogens (primary N) is 1. The van der Waals surface area contributed by atoms with Crippen molar-refractivity contribution in [3.63, 3.8) is 0 Å². The van der Waals surface area contributed by atoms with Crippen LogP contribution < -0.4 is 5.73 Å². The van der Waals surface area contributed by atoms with E-state index in [1.807, 2.05) is 6.07 Å². The summed E-state index contributed by atoms with van der Waals surface area (Å²) in [5, 5.41) is 9.95. The van der Waals surface area contributed by atoms with Gasteiger partial charge in [0.2, 0.25) is 0 Å². The van der Waals surface area contributed by atoms with E-state index >= 15 is 0 Å². The Labute approximate surface area is 119 Å². The average Bonchev–Trinajstić information content (AvgIpc) is 2.64. The molecule has 3 rings (SSSR count). The number of fused-ring (bicyclic) bond motifs is 1. The van der Waals surface area contributed by atoms with Crippen molar-refractivity contribution >= 4 is 5.69 Å². The summed E-state index contributed by atoms with van der Waals surface area (Å²) in [4.78, 5) is 2.38. The van der Waals surface area contributed by atoms with Gasteiger partial charge in [-0.15, -0.1) is 0 Å². The first-order chi connectivity index (χ1) is 9.72. The molecule has 0 saturated carbocycles. The first-order valence-corrected chi connectivity index (χ1v) is 7.09. The summed E-state index contributed by atoms with van der Waals surface area (Å²) in [6, 6.07) is 13.9. The Morgan fingerprint density at radius 3 is 2.75 bits per heavy atom. The maximum absolute atomic E-state index is 9.95. The highest BCUT2D eigenvalue weighted by Crippen LogP contribution is 2.24. The molecule has 0 unspecified atom stereocenters. The van der Waals surface area contributed by atoms with Crippen molar-refractivity contribution in [3.05, 3.63) is 59.2 Å². The molecular formula is C17H20N2O. The fraction of sp³-hybridized carbons (Fsp3) is 0.294. The molecule has 2 aromatic rings. The molecule has 0 aliphatic carbocycles. The van der Waals surface area contributed by atoms with Crippen molar-refractivity contribution in [2.24, 2.45) is 0 Å². The van der Waals surface area contributed by atoms with E-state index in [0.717, 1.165) is 38.0 Å². The van der Waals surface area contributed by atoms with Crippen LogP contribution in [0.4, 0.5) is 5.69 Å². The van der Waals surface area contributed by atoms with Gasteiger partial charge in [0.1, 0.15) is 5.75 Å². The summed E-state index contributed by atoms with van der Waals surface area (Å²) >= 11 is 0. The quantitative estimate of drug-likeness (QED) is 0.650. The molecule has 1 aliphatic rings. The number of benzene rings is 2. The lowest BCUT2D eigenvalue weighted by molar-refractivity contribution is 0.257. The Morgan fingerprint density at radius 2 is 1.90 bits per heavy atom. The van der Waals surface area contributed by atoms with E-state index in [9.17, 15) is 5.11 Å². The third kappa shape index (κ3) is 2.78. The number of hydrogen-bond donors (Lipinski definition) is 2. The van der Waals surface area contributed by atoms with Crippen molar-refractivity contribution in [2.75, 3.05) is 12.3 Å². The number of rotatable bonds is 2. The van der Waals surface area contributed by atoms with Gasteiger partial charge in [0.05, 0.1) is 0 Å². The lowest BCUT2D eigenvalue weighted by Crippen LogP contribution is -2.22. The number of nitrogens with zero attached hydrogens (tertiary/aromatic N) is 1. The van der Waals surface area contributed by atoms with E-state index in [2.05, 4.69) is 29.2 Å². The number of hydrogen-bond acceptors (Lipinski definition) is 3. The standard InChI is InChI=1S/C17H20N2O/c18-16-7-8-17(20)15(10-16)12-19-9-3-6-13-4-1-2-5-14(13)11-19/h1-2,4-5,7-8,10,20H,3,6,9,11-12,18H2. The Morgan fingerprint density at radius 1 is 1.10 bits per heavy atom. The molecule has 1 heterocycles. The number of aryl methyl sites for hydroxylation is 1. The minimum absolute atomic E-state index is 0.330. The predicted octanol–water partition coefficient (Wildman–Crippen LogP) is 2.92. The summed E-state index contributed by atoms with van der Waals surface area (Å²) in [6.07, 6.45) is 2.29. The van der Waals surface area contributed by atoms with Crippen molar-refractivity contribution in [3.8, 4) is 5.75 Å². The van der Waals surface area contributed by atoms with Gasteiger partial charge in [0, 0.05) is 24.3 Å². The minimum atomic E-state index is 0.330. The molecule has 0 spiro atoms. The fourth-order valence-corrected chi connectivity index (χ4v) is 2.88. The van der Waals surface area contributed by atoms with Gasteiger partial charge in [-0.05, 0) is 48.7 Å². The number of nitrogen functional groups attached to an aromatic ring is 1. The second-order valence-electron chi connectivity index (χ2n) is 5.47. The van der Waals surface area contributed by atoms with Crippen LogP contribution in [-0.2, 0) is 19.5 Å². The van der Waals surface area contributed by atoms with Gasteiger partial charge in [0.25, 0.3) is 0 Å². The minimum Gasteiger partial charge on any atom is -0.508 e. The van der Waals surface area contributed by atoms with Crippen LogP contribution in [0.15, 0.2) is 42.5 Å². The smallest absolute Gasteiger partial charge is 0.120 e. The van der Waals surface area contributed by atoms with Crippen LogP contribution in [0.3, 0.4) is 0 Å². The summed E-state index contributed by atoms with van der Waals surface area (Å²) in [5.41, 5.74) is 10.3. The van der Waals surface area contributed by atoms with E-state index in [1.54, 1.807) is 12.1 Å². The van der Waals surface area contributed by atoms with E-state index in [4.69, 9.17) is 5.73 Å². The first-order valence-electron chi connectivity index (χ1n) is 7.09. The molecule has 0 bridgehead atoms. The van der Waals surface area contributed by atoms with Crippen LogP contribution in [-0.4, -0.2) is 16.6 Å². The van der Waals surface area contributed by atoms with Gasteiger partial charge in [0.15, 0.2) is 0 Å². The molecule has 104 valence electrons. The van der Waals surface area contributed by atoms with Crippen LogP contribution in [0.5, 0.6) is 5.75 Å². The summed E-state index contributed by atoms with van der Waals surface area (Å²) in [6.45, 7) is 2.72. The average molecular weight is 268 g/mol. The number of anilines is 1. The van der Waals surface area contributed by atoms with E-state index < -0.39 is 0 Å². The summed E-state index contributed by atoms with van der Waals surface area (Å²) in [7, 11) is 0. The zero-order valence-corrected chi connectivity index (χ0v) is 11.5. The Kier molecular flexibility index (Phi) is 3.61. The highest BCUT2D eigenvalue weighted by molar-refractivity contribution is 5.47. The van der Waals surface area contributed by atoms with E-state index in [-0.39, 0.29) is 0 Å². The topological polar surface area (TPSA) is 49.5 Å². The van der Waals surface area contributed by atoms with Crippen LogP contribution in [0, 0.1) is 0 Å². The Hall–Kier alpha value is -2.00. The molecule has 1 aliphatic heterocycles. The summed E-state index contributed by atoms with van der Waals surface area (Å²) in [5.74, 6) is 0.330. The number of phenols is 1. The van der Waals surface area contributed by atoms with E-state index in [1.165, 1.54) is 11.1 Å².